The molecule has 0 unspecified atom stereocenters. The Labute approximate surface area is 78.1 Å². The Morgan fingerprint density at radius 2 is 2.33 bits per heavy atom. The van der Waals surface area contributed by atoms with Gasteiger partial charge in [-0.15, -0.1) is 11.8 Å². The molecule has 65 valence electrons. The van der Waals surface area contributed by atoms with Gasteiger partial charge in [-0.3, -0.25) is 0 Å². The largest absolute Gasteiger partial charge is 0.490 e. The Kier molecular flexibility index (Phi) is 4.01. The van der Waals surface area contributed by atoms with E-state index in [0.717, 1.165) is 11.5 Å². The highest BCUT2D eigenvalue weighted by Crippen LogP contribution is 2.23. The monoisotopic (exact) mass is 181 g/mol. The minimum absolute atomic E-state index is 0.830. The second-order valence-electron chi connectivity index (χ2n) is 2.47. The molecular weight excluding hydrogens is 168 g/mol. The van der Waals surface area contributed by atoms with Crippen LogP contribution in [0.3, 0.4) is 0 Å². The highest BCUT2D eigenvalue weighted by atomic mass is 32.2. The first-order valence-corrected chi connectivity index (χ1v) is 5.00. The molecule has 2 heteroatoms. The molecule has 0 N–H and O–H groups in total. The summed E-state index contributed by atoms with van der Waals surface area (Å²) in [5, 5.41) is 0. The summed E-state index contributed by atoms with van der Waals surface area (Å²) in [6, 6.07) is 7.98. The van der Waals surface area contributed by atoms with Crippen LogP contribution in [-0.4, -0.2) is 5.75 Å². The van der Waals surface area contributed by atoms with E-state index in [9.17, 15) is 0 Å². The van der Waals surface area contributed by atoms with Crippen molar-refractivity contribution >= 4 is 11.8 Å². The number of ether oxygens (including phenoxy) is 1. The van der Waals surface area contributed by atoms with Gasteiger partial charge in [-0.2, -0.15) is 0 Å². The van der Waals surface area contributed by atoms with Crippen LogP contribution >= 0.6 is 11.8 Å². The van der Waals surface area contributed by atoms with Crippen LogP contribution in [0.25, 0.3) is 0 Å². The molecule has 0 aromatic heterocycles. The minimum atomic E-state index is 0.830. The lowest BCUT2D eigenvalue weighted by atomic mass is 10.3. The zero-order chi connectivity index (χ0) is 8.81. The molecule has 0 aliphatic carbocycles. The molecule has 0 saturated carbocycles. The summed E-state index contributed by atoms with van der Waals surface area (Å²) in [6.07, 6.45) is 1.19. The zero-order valence-electron chi connectivity index (χ0n) is 7.25. The van der Waals surface area contributed by atoms with Gasteiger partial charge in [0.25, 0.3) is 0 Å². The molecule has 1 radical (unpaired) electrons. The number of benzene rings is 1. The fourth-order valence-electron chi connectivity index (χ4n) is 0.874. The smallest absolute Gasteiger partial charge is 0.122 e. The van der Waals surface area contributed by atoms with Crippen molar-refractivity contribution < 1.29 is 4.74 Å². The van der Waals surface area contributed by atoms with Gasteiger partial charge >= 0.3 is 0 Å². The van der Waals surface area contributed by atoms with Crippen molar-refractivity contribution in [3.63, 3.8) is 0 Å². The topological polar surface area (TPSA) is 9.23 Å². The fraction of sp³-hybridized carbons (Fsp3) is 0.300. The third-order valence-electron chi connectivity index (χ3n) is 1.45. The third-order valence-corrected chi connectivity index (χ3v) is 2.64. The highest BCUT2D eigenvalue weighted by molar-refractivity contribution is 7.99. The Bertz CT molecular complexity index is 235. The zero-order valence-corrected chi connectivity index (χ0v) is 8.06. The van der Waals surface area contributed by atoms with Gasteiger partial charge in [0.1, 0.15) is 12.9 Å². The summed E-state index contributed by atoms with van der Waals surface area (Å²) >= 11 is 1.84. The maximum absolute atomic E-state index is 4.87. The quantitative estimate of drug-likeness (QED) is 0.659. The molecule has 12 heavy (non-hydrogen) atoms. The van der Waals surface area contributed by atoms with Gasteiger partial charge < -0.3 is 4.74 Å². The maximum atomic E-state index is 4.87. The average Bonchev–Trinajstić information content (AvgIpc) is 2.15. The predicted molar refractivity (Wildman–Crippen MR) is 53.4 cm³/mol. The van der Waals surface area contributed by atoms with E-state index in [0.29, 0.717) is 0 Å². The highest BCUT2D eigenvalue weighted by Gasteiger charge is 1.94. The van der Waals surface area contributed by atoms with E-state index in [4.69, 9.17) is 4.74 Å². The third kappa shape index (κ3) is 2.78. The van der Waals surface area contributed by atoms with Crippen LogP contribution in [0.1, 0.15) is 13.3 Å². The normalized spacial score (nSPS) is 9.83. The maximum Gasteiger partial charge on any atom is 0.122 e. The lowest BCUT2D eigenvalue weighted by Crippen LogP contribution is -1.80. The van der Waals surface area contributed by atoms with Crippen LogP contribution in [0.2, 0.25) is 0 Å². The van der Waals surface area contributed by atoms with Crippen LogP contribution in [0, 0.1) is 7.11 Å². The van der Waals surface area contributed by atoms with E-state index >= 15 is 0 Å². The van der Waals surface area contributed by atoms with Crippen molar-refractivity contribution in [2.24, 2.45) is 0 Å². The molecule has 0 atom stereocenters. The van der Waals surface area contributed by atoms with Crippen LogP contribution in [-0.2, 0) is 0 Å². The molecule has 0 spiro atoms. The molecule has 1 aromatic rings. The summed E-state index contributed by atoms with van der Waals surface area (Å²) < 4.78 is 4.87. The van der Waals surface area contributed by atoms with E-state index in [1.54, 1.807) is 0 Å². The Balaban J connectivity index is 2.60. The van der Waals surface area contributed by atoms with Crippen molar-refractivity contribution in [1.29, 1.82) is 0 Å². The van der Waals surface area contributed by atoms with Gasteiger partial charge in [0.2, 0.25) is 0 Å². The van der Waals surface area contributed by atoms with Crippen LogP contribution in [0.4, 0.5) is 0 Å². The molecule has 0 saturated heterocycles. The molecular formula is C10H13OS. The second-order valence-corrected chi connectivity index (χ2v) is 3.64. The molecule has 0 aliphatic heterocycles. The summed E-state index contributed by atoms with van der Waals surface area (Å²) in [5.74, 6) is 1.98. The number of hydrogen-bond donors (Lipinski definition) is 0. The van der Waals surface area contributed by atoms with E-state index in [1.165, 1.54) is 11.3 Å². The first-order chi connectivity index (χ1) is 5.86. The van der Waals surface area contributed by atoms with Gasteiger partial charge in [-0.25, -0.2) is 0 Å². The molecule has 0 fully saturated rings. The second kappa shape index (κ2) is 5.09. The van der Waals surface area contributed by atoms with Gasteiger partial charge in [0.15, 0.2) is 0 Å². The first-order valence-electron chi connectivity index (χ1n) is 4.01. The van der Waals surface area contributed by atoms with E-state index < -0.39 is 0 Å². The Morgan fingerprint density at radius 1 is 1.50 bits per heavy atom. The van der Waals surface area contributed by atoms with Crippen LogP contribution in [0.15, 0.2) is 29.2 Å². The predicted octanol–water partition coefficient (Wildman–Crippen LogP) is 3.36. The Morgan fingerprint density at radius 3 is 3.00 bits per heavy atom. The molecule has 0 heterocycles. The van der Waals surface area contributed by atoms with E-state index in [1.807, 2.05) is 30.0 Å². The SMILES string of the molecule is [CH2]Oc1cccc(SCCC)c1. The number of rotatable bonds is 4. The molecule has 0 aliphatic rings. The first kappa shape index (κ1) is 9.46. The van der Waals surface area contributed by atoms with Gasteiger partial charge in [0, 0.05) is 4.90 Å². The van der Waals surface area contributed by atoms with Crippen molar-refractivity contribution in [3.8, 4) is 5.75 Å². The lowest BCUT2D eigenvalue weighted by Gasteiger charge is -2.02. The van der Waals surface area contributed by atoms with Crippen LogP contribution in [0.5, 0.6) is 5.75 Å². The molecule has 1 nitrogen and oxygen atoms in total. The van der Waals surface area contributed by atoms with Gasteiger partial charge in [-0.05, 0) is 30.4 Å². The van der Waals surface area contributed by atoms with Crippen molar-refractivity contribution in [2.45, 2.75) is 18.2 Å². The summed E-state index contributed by atoms with van der Waals surface area (Å²) in [4.78, 5) is 1.25. The van der Waals surface area contributed by atoms with E-state index in [2.05, 4.69) is 20.1 Å². The number of hydrogen-bond acceptors (Lipinski definition) is 2. The standard InChI is InChI=1S/C10H13OS/c1-3-7-12-10-6-4-5-9(8-10)11-2/h4-6,8H,2-3,7H2,1H3. The molecule has 1 aromatic carbocycles. The van der Waals surface area contributed by atoms with Crippen LogP contribution < -0.4 is 4.74 Å². The average molecular weight is 181 g/mol. The van der Waals surface area contributed by atoms with Gasteiger partial charge in [0.05, 0.1) is 0 Å². The van der Waals surface area contributed by atoms with Crippen molar-refractivity contribution in [1.82, 2.24) is 0 Å². The molecule has 1 rings (SSSR count). The number of thioether (sulfide) groups is 1. The molecule has 0 bridgehead atoms. The fourth-order valence-corrected chi connectivity index (χ4v) is 1.69. The van der Waals surface area contributed by atoms with Crippen molar-refractivity contribution in [2.75, 3.05) is 5.75 Å². The lowest BCUT2D eigenvalue weighted by molar-refractivity contribution is 0.471. The van der Waals surface area contributed by atoms with Crippen molar-refractivity contribution in [3.05, 3.63) is 31.4 Å². The molecule has 0 amide bonds. The van der Waals surface area contributed by atoms with E-state index in [-0.39, 0.29) is 0 Å². The van der Waals surface area contributed by atoms with Gasteiger partial charge in [-0.1, -0.05) is 13.0 Å². The minimum Gasteiger partial charge on any atom is -0.490 e. The summed E-state index contributed by atoms with van der Waals surface area (Å²) in [6.45, 7) is 2.18. The summed E-state index contributed by atoms with van der Waals surface area (Å²) in [5.41, 5.74) is 0. The summed E-state index contributed by atoms with van der Waals surface area (Å²) in [7, 11) is 3.37. The Hall–Kier alpha value is -0.630.